The fourth-order valence-electron chi connectivity index (χ4n) is 6.50. The molecule has 192 valence electrons. The van der Waals surface area contributed by atoms with E-state index in [0.29, 0.717) is 0 Å². The van der Waals surface area contributed by atoms with Crippen molar-refractivity contribution in [2.24, 2.45) is 0 Å². The van der Waals surface area contributed by atoms with Gasteiger partial charge in [-0.15, -0.1) is 0 Å². The number of benzene rings is 6. The van der Waals surface area contributed by atoms with Gasteiger partial charge in [0.15, 0.2) is 5.58 Å². The van der Waals surface area contributed by atoms with Crippen molar-refractivity contribution in [3.05, 3.63) is 146 Å². The molecular weight excluding hydrogens is 500 g/mol. The van der Waals surface area contributed by atoms with Crippen LogP contribution in [0.3, 0.4) is 0 Å². The van der Waals surface area contributed by atoms with Crippen LogP contribution in [0.15, 0.2) is 150 Å². The van der Waals surface area contributed by atoms with E-state index in [4.69, 9.17) is 4.42 Å². The van der Waals surface area contributed by atoms with E-state index in [9.17, 15) is 0 Å². The molecule has 0 atom stereocenters. The van der Waals surface area contributed by atoms with Gasteiger partial charge in [-0.1, -0.05) is 97.1 Å². The third kappa shape index (κ3) is 3.20. The minimum atomic E-state index is 0.899. The molecule has 0 spiro atoms. The lowest BCUT2D eigenvalue weighted by Gasteiger charge is -2.09. The largest absolute Gasteiger partial charge is 0.453 e. The summed E-state index contributed by atoms with van der Waals surface area (Å²) in [6.45, 7) is 0. The summed E-state index contributed by atoms with van der Waals surface area (Å²) >= 11 is 0. The Kier molecular flexibility index (Phi) is 4.61. The maximum Gasteiger partial charge on any atom is 0.159 e. The molecule has 0 fully saturated rings. The zero-order valence-electron chi connectivity index (χ0n) is 22.2. The van der Waals surface area contributed by atoms with E-state index in [2.05, 4.69) is 149 Å². The van der Waals surface area contributed by atoms with Crippen LogP contribution in [0.1, 0.15) is 0 Å². The smallest absolute Gasteiger partial charge is 0.159 e. The highest BCUT2D eigenvalue weighted by atomic mass is 16.3. The van der Waals surface area contributed by atoms with Gasteiger partial charge in [-0.2, -0.15) is 0 Å². The summed E-state index contributed by atoms with van der Waals surface area (Å²) in [6.07, 6.45) is 2.16. The third-order valence-corrected chi connectivity index (χ3v) is 8.35. The molecule has 41 heavy (non-hydrogen) atoms. The number of furan rings is 1. The van der Waals surface area contributed by atoms with Gasteiger partial charge in [0.05, 0.1) is 22.2 Å². The standard InChI is InChI=1S/C38H24N2O/c1-3-11-25(12-4-1)28-16-9-17-30-31-18-10-20-34(38(31)41-37(28)30)40-33-19-8-7-15-29(33)32-24-35-26(23-36(32)40)21-22-39(35)27-13-5-2-6-14-27/h1-24H. The SMILES string of the molecule is c1ccc(-c2cccc3c2oc2c(-n4c5ccccc5c5cc6c(ccn6-c6ccccc6)cc54)cccc23)cc1. The molecule has 0 saturated heterocycles. The summed E-state index contributed by atoms with van der Waals surface area (Å²) in [6, 6.07) is 49.5. The van der Waals surface area contributed by atoms with E-state index < -0.39 is 0 Å². The lowest BCUT2D eigenvalue weighted by Crippen LogP contribution is -1.94. The quantitative estimate of drug-likeness (QED) is 0.225. The Morgan fingerprint density at radius 1 is 0.463 bits per heavy atom. The van der Waals surface area contributed by atoms with Crippen molar-refractivity contribution in [3.8, 4) is 22.5 Å². The molecule has 9 aromatic rings. The fraction of sp³-hybridized carbons (Fsp3) is 0. The van der Waals surface area contributed by atoms with Crippen LogP contribution in [0.25, 0.3) is 77.1 Å². The minimum absolute atomic E-state index is 0.899. The third-order valence-electron chi connectivity index (χ3n) is 8.35. The van der Waals surface area contributed by atoms with Crippen molar-refractivity contribution in [1.29, 1.82) is 0 Å². The number of fused-ring (bicyclic) bond motifs is 7. The predicted octanol–water partition coefficient (Wildman–Crippen LogP) is 10.3. The van der Waals surface area contributed by atoms with Gasteiger partial charge in [-0.05, 0) is 48.0 Å². The first kappa shape index (κ1) is 22.3. The Balaban J connectivity index is 1.36. The topological polar surface area (TPSA) is 23.0 Å². The average Bonchev–Trinajstić information content (AvgIpc) is 3.72. The molecule has 0 aliphatic heterocycles. The van der Waals surface area contributed by atoms with Crippen molar-refractivity contribution in [3.63, 3.8) is 0 Å². The van der Waals surface area contributed by atoms with Crippen molar-refractivity contribution < 1.29 is 4.42 Å². The Labute approximate surface area is 236 Å². The molecule has 9 rings (SSSR count). The van der Waals surface area contributed by atoms with Gasteiger partial charge in [0, 0.05) is 44.4 Å². The summed E-state index contributed by atoms with van der Waals surface area (Å²) in [5, 5.41) is 5.91. The molecule has 0 aliphatic carbocycles. The van der Waals surface area contributed by atoms with Crippen LogP contribution in [0, 0.1) is 0 Å². The van der Waals surface area contributed by atoms with Crippen molar-refractivity contribution in [2.45, 2.75) is 0 Å². The lowest BCUT2D eigenvalue weighted by atomic mass is 10.0. The maximum atomic E-state index is 6.82. The van der Waals surface area contributed by atoms with Gasteiger partial charge in [-0.3, -0.25) is 0 Å². The summed E-state index contributed by atoms with van der Waals surface area (Å²) < 4.78 is 11.5. The Morgan fingerprint density at radius 2 is 1.17 bits per heavy atom. The van der Waals surface area contributed by atoms with Crippen LogP contribution in [-0.4, -0.2) is 9.13 Å². The molecule has 6 aromatic carbocycles. The second-order valence-corrected chi connectivity index (χ2v) is 10.6. The summed E-state index contributed by atoms with van der Waals surface area (Å²) in [4.78, 5) is 0. The molecule has 3 heterocycles. The van der Waals surface area contributed by atoms with Gasteiger partial charge in [-0.25, -0.2) is 0 Å². The molecule has 0 unspecified atom stereocenters. The highest BCUT2D eigenvalue weighted by Crippen LogP contribution is 2.41. The van der Waals surface area contributed by atoms with E-state index >= 15 is 0 Å². The Morgan fingerprint density at radius 3 is 2.02 bits per heavy atom. The van der Waals surface area contributed by atoms with Gasteiger partial charge >= 0.3 is 0 Å². The molecule has 3 aromatic heterocycles. The van der Waals surface area contributed by atoms with E-state index in [0.717, 1.165) is 50.0 Å². The monoisotopic (exact) mass is 524 g/mol. The van der Waals surface area contributed by atoms with Crippen LogP contribution in [0.4, 0.5) is 0 Å². The van der Waals surface area contributed by atoms with Crippen LogP contribution < -0.4 is 0 Å². The molecule has 0 N–H and O–H groups in total. The van der Waals surface area contributed by atoms with Gasteiger partial charge in [0.2, 0.25) is 0 Å². The summed E-state index contributed by atoms with van der Waals surface area (Å²) in [5.74, 6) is 0. The zero-order valence-corrected chi connectivity index (χ0v) is 22.2. The van der Waals surface area contributed by atoms with Crippen LogP contribution in [-0.2, 0) is 0 Å². The van der Waals surface area contributed by atoms with Crippen molar-refractivity contribution in [2.75, 3.05) is 0 Å². The zero-order chi connectivity index (χ0) is 26.9. The van der Waals surface area contributed by atoms with Crippen LogP contribution in [0.5, 0.6) is 0 Å². The van der Waals surface area contributed by atoms with E-state index in [1.165, 1.54) is 27.2 Å². The molecule has 0 aliphatic rings. The highest BCUT2D eigenvalue weighted by molar-refractivity contribution is 6.16. The van der Waals surface area contributed by atoms with Gasteiger partial charge < -0.3 is 13.6 Å². The molecule has 0 saturated carbocycles. The molecule has 3 heteroatoms. The molecular formula is C38H24N2O. The number of rotatable bonds is 3. The van der Waals surface area contributed by atoms with Crippen LogP contribution >= 0.6 is 0 Å². The number of hydrogen-bond donors (Lipinski definition) is 0. The first-order chi connectivity index (χ1) is 20.3. The van der Waals surface area contributed by atoms with E-state index in [1.54, 1.807) is 0 Å². The first-order valence-corrected chi connectivity index (χ1v) is 13.9. The van der Waals surface area contributed by atoms with Gasteiger partial charge in [0.1, 0.15) is 5.58 Å². The number of hydrogen-bond acceptors (Lipinski definition) is 1. The summed E-state index contributed by atoms with van der Waals surface area (Å²) in [5.41, 5.74) is 9.81. The Hall–Kier alpha value is -5.54. The van der Waals surface area contributed by atoms with E-state index in [1.807, 2.05) is 6.07 Å². The Bertz CT molecular complexity index is 2410. The number of para-hydroxylation sites is 4. The maximum absolute atomic E-state index is 6.82. The van der Waals surface area contributed by atoms with Crippen LogP contribution in [0.2, 0.25) is 0 Å². The molecule has 0 amide bonds. The molecule has 3 nitrogen and oxygen atoms in total. The normalized spacial score (nSPS) is 11.9. The number of nitrogens with zero attached hydrogens (tertiary/aromatic N) is 2. The molecule has 0 bridgehead atoms. The number of aromatic nitrogens is 2. The summed E-state index contributed by atoms with van der Waals surface area (Å²) in [7, 11) is 0. The second-order valence-electron chi connectivity index (χ2n) is 10.6. The molecule has 0 radical (unpaired) electrons. The minimum Gasteiger partial charge on any atom is -0.453 e. The predicted molar refractivity (Wildman–Crippen MR) is 170 cm³/mol. The average molecular weight is 525 g/mol. The van der Waals surface area contributed by atoms with Gasteiger partial charge in [0.25, 0.3) is 0 Å². The first-order valence-electron chi connectivity index (χ1n) is 13.9. The van der Waals surface area contributed by atoms with E-state index in [-0.39, 0.29) is 0 Å². The highest BCUT2D eigenvalue weighted by Gasteiger charge is 2.20. The van der Waals surface area contributed by atoms with Crippen molar-refractivity contribution in [1.82, 2.24) is 9.13 Å². The second kappa shape index (κ2) is 8.48. The van der Waals surface area contributed by atoms with Crippen molar-refractivity contribution >= 4 is 54.6 Å². The fourth-order valence-corrected chi connectivity index (χ4v) is 6.50. The lowest BCUT2D eigenvalue weighted by molar-refractivity contribution is 0.667.